The van der Waals surface area contributed by atoms with Gasteiger partial charge >= 0.3 is 6.18 Å². The number of rotatable bonds is 4. The molecule has 130 valence electrons. The third kappa shape index (κ3) is 3.68. The first-order valence-electron chi connectivity index (χ1n) is 7.71. The number of alkyl halides is 3. The Labute approximate surface area is 133 Å². The number of aliphatic hydroxyl groups excluding tert-OH is 1. The Bertz CT molecular complexity index is 569. The van der Waals surface area contributed by atoms with Gasteiger partial charge in [0.05, 0.1) is 17.9 Å². The first-order valence-corrected chi connectivity index (χ1v) is 7.71. The smallest absolute Gasteiger partial charge is 0.393 e. The number of aliphatic hydroxyl groups is 1. The first kappa shape index (κ1) is 17.8. The van der Waals surface area contributed by atoms with E-state index in [2.05, 4.69) is 5.10 Å². The Balaban J connectivity index is 2.25. The summed E-state index contributed by atoms with van der Waals surface area (Å²) < 4.78 is 40.8. The Morgan fingerprint density at radius 1 is 1.48 bits per heavy atom. The van der Waals surface area contributed by atoms with Crippen LogP contribution in [0.5, 0.6) is 0 Å². The van der Waals surface area contributed by atoms with E-state index in [9.17, 15) is 23.1 Å². The average molecular weight is 333 g/mol. The van der Waals surface area contributed by atoms with E-state index >= 15 is 0 Å². The molecule has 0 aliphatic heterocycles. The van der Waals surface area contributed by atoms with Gasteiger partial charge in [-0.3, -0.25) is 9.48 Å². The molecule has 1 saturated carbocycles. The fraction of sp³-hybridized carbons (Fsp3) is 0.733. The minimum Gasteiger partial charge on any atom is -0.393 e. The van der Waals surface area contributed by atoms with Gasteiger partial charge in [-0.25, -0.2) is 0 Å². The van der Waals surface area contributed by atoms with Crippen molar-refractivity contribution in [2.24, 2.45) is 5.92 Å². The van der Waals surface area contributed by atoms with Gasteiger partial charge < -0.3 is 10.0 Å². The molecule has 0 saturated heterocycles. The third-order valence-electron chi connectivity index (χ3n) is 4.26. The van der Waals surface area contributed by atoms with E-state index in [-0.39, 0.29) is 12.5 Å². The minimum absolute atomic E-state index is 0.0848. The maximum absolute atomic E-state index is 13.3. The van der Waals surface area contributed by atoms with Crippen LogP contribution in [-0.4, -0.2) is 45.4 Å². The van der Waals surface area contributed by atoms with Gasteiger partial charge in [0.1, 0.15) is 0 Å². The van der Waals surface area contributed by atoms with E-state index in [4.69, 9.17) is 0 Å². The number of halogens is 3. The van der Waals surface area contributed by atoms with Crippen molar-refractivity contribution < 1.29 is 23.1 Å². The van der Waals surface area contributed by atoms with Crippen LogP contribution in [0.1, 0.15) is 55.2 Å². The van der Waals surface area contributed by atoms with Crippen LogP contribution < -0.4 is 0 Å². The Hall–Kier alpha value is -1.57. The molecule has 2 atom stereocenters. The van der Waals surface area contributed by atoms with Crippen LogP contribution in [-0.2, 0) is 6.18 Å². The predicted molar refractivity (Wildman–Crippen MR) is 77.9 cm³/mol. The number of carbonyl (C=O) groups excluding carboxylic acids is 1. The molecule has 23 heavy (non-hydrogen) atoms. The maximum atomic E-state index is 13.3. The molecule has 1 N–H and O–H groups in total. The number of carbonyl (C=O) groups is 1. The van der Waals surface area contributed by atoms with Crippen molar-refractivity contribution >= 4 is 5.91 Å². The summed E-state index contributed by atoms with van der Waals surface area (Å²) in [5.41, 5.74) is -1.46. The van der Waals surface area contributed by atoms with E-state index in [0.717, 1.165) is 23.7 Å². The monoisotopic (exact) mass is 333 g/mol. The van der Waals surface area contributed by atoms with E-state index in [0.29, 0.717) is 6.42 Å². The molecule has 1 amide bonds. The molecule has 0 spiro atoms. The van der Waals surface area contributed by atoms with Crippen molar-refractivity contribution in [3.63, 3.8) is 0 Å². The Morgan fingerprint density at radius 2 is 2.13 bits per heavy atom. The second-order valence-electron chi connectivity index (χ2n) is 6.39. The van der Waals surface area contributed by atoms with Crippen LogP contribution in [0.3, 0.4) is 0 Å². The lowest BCUT2D eigenvalue weighted by Crippen LogP contribution is -2.35. The molecule has 1 aliphatic carbocycles. The zero-order valence-corrected chi connectivity index (χ0v) is 13.5. The average Bonchev–Trinajstić information content (AvgIpc) is 3.04. The summed E-state index contributed by atoms with van der Waals surface area (Å²) in [7, 11) is 1.46. The van der Waals surface area contributed by atoms with Gasteiger partial charge in [0.15, 0.2) is 5.69 Å². The van der Waals surface area contributed by atoms with Crippen LogP contribution >= 0.6 is 0 Å². The van der Waals surface area contributed by atoms with E-state index in [1.165, 1.54) is 11.9 Å². The topological polar surface area (TPSA) is 58.4 Å². The maximum Gasteiger partial charge on any atom is 0.433 e. The molecule has 0 radical (unpaired) electrons. The van der Waals surface area contributed by atoms with Gasteiger partial charge in [-0.2, -0.15) is 18.3 Å². The SMILES string of the molecule is CC(C)n1ncc(C(=O)N(C)CC2CCCC2O)c1C(F)(F)F. The normalized spacial score (nSPS) is 21.9. The molecule has 2 unspecified atom stereocenters. The first-order chi connectivity index (χ1) is 10.6. The largest absolute Gasteiger partial charge is 0.433 e. The molecule has 5 nitrogen and oxygen atoms in total. The molecule has 8 heteroatoms. The Morgan fingerprint density at radius 3 is 2.61 bits per heavy atom. The van der Waals surface area contributed by atoms with Gasteiger partial charge in [-0.05, 0) is 26.7 Å². The van der Waals surface area contributed by atoms with Gasteiger partial charge in [-0.15, -0.1) is 0 Å². The number of aromatic nitrogens is 2. The van der Waals surface area contributed by atoms with Crippen LogP contribution in [0.15, 0.2) is 6.20 Å². The van der Waals surface area contributed by atoms with Crippen molar-refractivity contribution in [3.8, 4) is 0 Å². The van der Waals surface area contributed by atoms with Crippen molar-refractivity contribution in [3.05, 3.63) is 17.5 Å². The standard InChI is InChI=1S/C15H22F3N3O2/c1-9(2)21-13(15(16,17)18)11(7-19-21)14(23)20(3)8-10-5-4-6-12(10)22/h7,9-10,12,22H,4-6,8H2,1-3H3. The van der Waals surface area contributed by atoms with Gasteiger partial charge in [0.2, 0.25) is 0 Å². The molecule has 1 heterocycles. The molecule has 1 aromatic heterocycles. The highest BCUT2D eigenvalue weighted by atomic mass is 19.4. The molecule has 0 aromatic carbocycles. The third-order valence-corrected chi connectivity index (χ3v) is 4.26. The molecule has 2 rings (SSSR count). The van der Waals surface area contributed by atoms with Crippen molar-refractivity contribution in [1.82, 2.24) is 14.7 Å². The highest BCUT2D eigenvalue weighted by Gasteiger charge is 2.41. The lowest BCUT2D eigenvalue weighted by atomic mass is 10.1. The lowest BCUT2D eigenvalue weighted by molar-refractivity contribution is -0.145. The summed E-state index contributed by atoms with van der Waals surface area (Å²) in [5.74, 6) is -0.804. The van der Waals surface area contributed by atoms with E-state index in [1.54, 1.807) is 13.8 Å². The Kier molecular flexibility index (Phi) is 5.03. The second-order valence-corrected chi connectivity index (χ2v) is 6.39. The fourth-order valence-electron chi connectivity index (χ4n) is 3.06. The van der Waals surface area contributed by atoms with E-state index in [1.807, 2.05) is 0 Å². The van der Waals surface area contributed by atoms with Gasteiger partial charge in [0, 0.05) is 25.6 Å². The molecule has 0 bridgehead atoms. The molecule has 1 aliphatic rings. The second kappa shape index (κ2) is 6.51. The number of hydrogen-bond donors (Lipinski definition) is 1. The molecular formula is C15H22F3N3O2. The molecular weight excluding hydrogens is 311 g/mol. The van der Waals surface area contributed by atoms with Crippen LogP contribution in [0.2, 0.25) is 0 Å². The lowest BCUT2D eigenvalue weighted by Gasteiger charge is -2.24. The predicted octanol–water partition coefficient (Wildman–Crippen LogP) is 2.72. The summed E-state index contributed by atoms with van der Waals surface area (Å²) in [4.78, 5) is 13.7. The zero-order valence-electron chi connectivity index (χ0n) is 13.5. The van der Waals surface area contributed by atoms with Crippen LogP contribution in [0.25, 0.3) is 0 Å². The fourth-order valence-corrected chi connectivity index (χ4v) is 3.06. The van der Waals surface area contributed by atoms with Crippen molar-refractivity contribution in [1.29, 1.82) is 0 Å². The van der Waals surface area contributed by atoms with Gasteiger partial charge in [0.25, 0.3) is 5.91 Å². The van der Waals surface area contributed by atoms with Crippen molar-refractivity contribution in [2.45, 2.75) is 51.4 Å². The van der Waals surface area contributed by atoms with E-state index < -0.39 is 35.5 Å². The molecule has 1 aromatic rings. The van der Waals surface area contributed by atoms with Crippen LogP contribution in [0, 0.1) is 5.92 Å². The van der Waals surface area contributed by atoms with Gasteiger partial charge in [-0.1, -0.05) is 6.42 Å². The summed E-state index contributed by atoms with van der Waals surface area (Å²) in [5, 5.41) is 13.5. The van der Waals surface area contributed by atoms with Crippen molar-refractivity contribution in [2.75, 3.05) is 13.6 Å². The number of amides is 1. The zero-order chi connectivity index (χ0) is 17.4. The number of nitrogens with zero attached hydrogens (tertiary/aromatic N) is 3. The van der Waals surface area contributed by atoms with Crippen LogP contribution in [0.4, 0.5) is 13.2 Å². The highest BCUT2D eigenvalue weighted by Crippen LogP contribution is 2.34. The summed E-state index contributed by atoms with van der Waals surface area (Å²) in [6.07, 6.45) is -1.85. The number of hydrogen-bond acceptors (Lipinski definition) is 3. The summed E-state index contributed by atoms with van der Waals surface area (Å²) in [6.45, 7) is 3.40. The minimum atomic E-state index is -4.65. The summed E-state index contributed by atoms with van der Waals surface area (Å²) in [6, 6.07) is -0.505. The summed E-state index contributed by atoms with van der Waals surface area (Å²) >= 11 is 0. The molecule has 1 fully saturated rings. The highest BCUT2D eigenvalue weighted by molar-refractivity contribution is 5.95. The quantitative estimate of drug-likeness (QED) is 0.922.